The highest BCUT2D eigenvalue weighted by atomic mass is 32.2. The molecular formula is C14H23N3O3S. The number of nitrogens with two attached hydrogens (primary N) is 1. The van der Waals surface area contributed by atoms with Gasteiger partial charge in [-0.05, 0) is 51.6 Å². The first kappa shape index (κ1) is 16.1. The number of methoxy groups -OCH3 is 1. The molecule has 118 valence electrons. The third-order valence-corrected chi connectivity index (χ3v) is 5.72. The number of sulfonamides is 1. The quantitative estimate of drug-likeness (QED) is 0.767. The summed E-state index contributed by atoms with van der Waals surface area (Å²) in [6.07, 6.45) is 3.12. The molecule has 0 heterocycles. The van der Waals surface area contributed by atoms with Gasteiger partial charge in [0.05, 0.1) is 7.11 Å². The van der Waals surface area contributed by atoms with Crippen molar-refractivity contribution < 1.29 is 13.2 Å². The number of anilines is 1. The summed E-state index contributed by atoms with van der Waals surface area (Å²) in [5.74, 6) is 0.296. The van der Waals surface area contributed by atoms with Crippen LogP contribution in [0, 0.1) is 0 Å². The third kappa shape index (κ3) is 3.14. The molecule has 0 unspecified atom stereocenters. The van der Waals surface area contributed by atoms with E-state index in [1.807, 2.05) is 14.1 Å². The van der Waals surface area contributed by atoms with E-state index in [0.717, 1.165) is 19.3 Å². The normalized spacial score (nSPS) is 17.5. The fourth-order valence-electron chi connectivity index (χ4n) is 2.58. The fourth-order valence-corrected chi connectivity index (χ4v) is 3.90. The van der Waals surface area contributed by atoms with Gasteiger partial charge in [0.2, 0.25) is 10.0 Å². The Morgan fingerprint density at radius 1 is 1.38 bits per heavy atom. The molecule has 3 N–H and O–H groups in total. The van der Waals surface area contributed by atoms with Crippen LogP contribution in [0.1, 0.15) is 19.3 Å². The van der Waals surface area contributed by atoms with Crippen molar-refractivity contribution in [2.75, 3.05) is 33.5 Å². The van der Waals surface area contributed by atoms with Crippen LogP contribution in [0.4, 0.5) is 5.69 Å². The van der Waals surface area contributed by atoms with Gasteiger partial charge in [0.25, 0.3) is 0 Å². The Bertz CT molecular complexity index is 610. The molecule has 21 heavy (non-hydrogen) atoms. The first-order valence-electron chi connectivity index (χ1n) is 6.91. The minimum Gasteiger partial charge on any atom is -0.495 e. The summed E-state index contributed by atoms with van der Waals surface area (Å²) in [4.78, 5) is 2.17. The predicted molar refractivity (Wildman–Crippen MR) is 82.9 cm³/mol. The number of nitrogens with zero attached hydrogens (tertiary/aromatic N) is 1. The SMILES string of the molecule is COc1ccc(N)cc1S(=O)(=O)NCC1(N(C)C)CCC1. The number of nitrogen functional groups attached to an aromatic ring is 1. The van der Waals surface area contributed by atoms with E-state index in [1.54, 1.807) is 12.1 Å². The molecule has 0 radical (unpaired) electrons. The Balaban J connectivity index is 2.21. The lowest BCUT2D eigenvalue weighted by molar-refractivity contribution is 0.0656. The maximum atomic E-state index is 12.5. The van der Waals surface area contributed by atoms with Crippen molar-refractivity contribution in [1.29, 1.82) is 0 Å². The molecule has 1 fully saturated rings. The number of benzene rings is 1. The van der Waals surface area contributed by atoms with Crippen molar-refractivity contribution >= 4 is 15.7 Å². The van der Waals surface area contributed by atoms with E-state index in [-0.39, 0.29) is 10.4 Å². The fraction of sp³-hybridized carbons (Fsp3) is 0.571. The Labute approximate surface area is 126 Å². The molecule has 0 bridgehead atoms. The summed E-state index contributed by atoms with van der Waals surface area (Å²) in [7, 11) is 1.75. The maximum Gasteiger partial charge on any atom is 0.244 e. The molecule has 0 saturated heterocycles. The summed E-state index contributed by atoms with van der Waals surface area (Å²) < 4.78 is 32.8. The zero-order valence-electron chi connectivity index (χ0n) is 12.7. The highest BCUT2D eigenvalue weighted by molar-refractivity contribution is 7.89. The predicted octanol–water partition coefficient (Wildman–Crippen LogP) is 1.04. The van der Waals surface area contributed by atoms with Crippen LogP contribution in [0.15, 0.2) is 23.1 Å². The van der Waals surface area contributed by atoms with Crippen molar-refractivity contribution in [2.24, 2.45) is 0 Å². The number of rotatable bonds is 6. The van der Waals surface area contributed by atoms with Crippen LogP contribution in [-0.4, -0.2) is 46.6 Å². The van der Waals surface area contributed by atoms with Crippen molar-refractivity contribution in [3.63, 3.8) is 0 Å². The number of likely N-dealkylation sites (N-methyl/N-ethyl adjacent to an activating group) is 1. The van der Waals surface area contributed by atoms with Gasteiger partial charge in [0, 0.05) is 17.8 Å². The van der Waals surface area contributed by atoms with E-state index in [2.05, 4.69) is 9.62 Å². The van der Waals surface area contributed by atoms with Crippen molar-refractivity contribution in [1.82, 2.24) is 9.62 Å². The molecule has 1 aliphatic carbocycles. The van der Waals surface area contributed by atoms with Crippen molar-refractivity contribution in [3.8, 4) is 5.75 Å². The van der Waals surface area contributed by atoms with Gasteiger partial charge in [-0.15, -0.1) is 0 Å². The van der Waals surface area contributed by atoms with E-state index in [9.17, 15) is 8.42 Å². The highest BCUT2D eigenvalue weighted by Crippen LogP contribution is 2.36. The molecule has 1 aliphatic rings. The maximum absolute atomic E-state index is 12.5. The van der Waals surface area contributed by atoms with Crippen LogP contribution >= 0.6 is 0 Å². The number of hydrogen-bond donors (Lipinski definition) is 2. The minimum absolute atomic E-state index is 0.0817. The second-order valence-electron chi connectivity index (χ2n) is 5.71. The summed E-state index contributed by atoms with van der Waals surface area (Å²) in [6, 6.07) is 4.60. The van der Waals surface area contributed by atoms with E-state index >= 15 is 0 Å². The molecule has 1 aromatic carbocycles. The average Bonchev–Trinajstić information content (AvgIpc) is 2.36. The molecule has 1 saturated carbocycles. The minimum atomic E-state index is -3.65. The molecule has 1 aromatic rings. The van der Waals surface area contributed by atoms with E-state index < -0.39 is 10.0 Å². The second-order valence-corrected chi connectivity index (χ2v) is 7.44. The molecule has 0 atom stereocenters. The van der Waals surface area contributed by atoms with Gasteiger partial charge in [-0.2, -0.15) is 0 Å². The van der Waals surface area contributed by atoms with Gasteiger partial charge in [-0.25, -0.2) is 13.1 Å². The number of hydrogen-bond acceptors (Lipinski definition) is 5. The Morgan fingerprint density at radius 2 is 2.05 bits per heavy atom. The average molecular weight is 313 g/mol. The van der Waals surface area contributed by atoms with E-state index in [4.69, 9.17) is 10.5 Å². The first-order chi connectivity index (χ1) is 9.81. The van der Waals surface area contributed by atoms with Crippen molar-refractivity contribution in [2.45, 2.75) is 29.7 Å². The molecule has 0 aromatic heterocycles. The second kappa shape index (κ2) is 5.82. The van der Waals surface area contributed by atoms with Crippen LogP contribution in [-0.2, 0) is 10.0 Å². The number of nitrogens with one attached hydrogen (secondary N) is 1. The molecule has 7 heteroatoms. The number of ether oxygens (including phenoxy) is 1. The Hall–Kier alpha value is -1.31. The third-order valence-electron chi connectivity index (χ3n) is 4.30. The molecule has 0 spiro atoms. The Morgan fingerprint density at radius 3 is 2.52 bits per heavy atom. The smallest absolute Gasteiger partial charge is 0.244 e. The highest BCUT2D eigenvalue weighted by Gasteiger charge is 2.40. The van der Waals surface area contributed by atoms with Crippen LogP contribution in [0.2, 0.25) is 0 Å². The monoisotopic (exact) mass is 313 g/mol. The van der Waals surface area contributed by atoms with Gasteiger partial charge in [0.15, 0.2) is 0 Å². The van der Waals surface area contributed by atoms with Crippen LogP contribution in [0.5, 0.6) is 5.75 Å². The molecule has 6 nitrogen and oxygen atoms in total. The Kier molecular flexibility index (Phi) is 4.46. The first-order valence-corrected chi connectivity index (χ1v) is 8.40. The molecule has 0 aliphatic heterocycles. The molecular weight excluding hydrogens is 290 g/mol. The topological polar surface area (TPSA) is 84.7 Å². The van der Waals surface area contributed by atoms with Gasteiger partial charge in [-0.1, -0.05) is 0 Å². The van der Waals surface area contributed by atoms with Gasteiger partial charge < -0.3 is 15.4 Å². The van der Waals surface area contributed by atoms with Crippen molar-refractivity contribution in [3.05, 3.63) is 18.2 Å². The lowest BCUT2D eigenvalue weighted by Crippen LogP contribution is -2.57. The van der Waals surface area contributed by atoms with E-state index in [0.29, 0.717) is 18.0 Å². The van der Waals surface area contributed by atoms with Crippen LogP contribution in [0.3, 0.4) is 0 Å². The molecule has 0 amide bonds. The summed E-state index contributed by atoms with van der Waals surface area (Å²) >= 11 is 0. The van der Waals surface area contributed by atoms with Gasteiger partial charge in [0.1, 0.15) is 10.6 Å². The summed E-state index contributed by atoms with van der Waals surface area (Å²) in [5, 5.41) is 0. The van der Waals surface area contributed by atoms with Gasteiger partial charge >= 0.3 is 0 Å². The summed E-state index contributed by atoms with van der Waals surface area (Å²) in [6.45, 7) is 0.389. The zero-order chi connectivity index (χ0) is 15.7. The zero-order valence-corrected chi connectivity index (χ0v) is 13.5. The standard InChI is InChI=1S/C14H23N3O3S/c1-17(2)14(7-4-8-14)10-16-21(18,19)13-9-11(15)5-6-12(13)20-3/h5-6,9,16H,4,7-8,10,15H2,1-3H3. The largest absolute Gasteiger partial charge is 0.495 e. The van der Waals surface area contributed by atoms with Gasteiger partial charge in [-0.3, -0.25) is 0 Å². The lowest BCUT2D eigenvalue weighted by Gasteiger charge is -2.47. The molecule has 2 rings (SSSR count). The van der Waals surface area contributed by atoms with Crippen LogP contribution < -0.4 is 15.2 Å². The van der Waals surface area contributed by atoms with Crippen LogP contribution in [0.25, 0.3) is 0 Å². The van der Waals surface area contributed by atoms with E-state index in [1.165, 1.54) is 13.2 Å². The summed E-state index contributed by atoms with van der Waals surface area (Å²) in [5.41, 5.74) is 6.00. The lowest BCUT2D eigenvalue weighted by atomic mass is 9.76.